The number of hydrogen-bond donors (Lipinski definition) is 1. The highest BCUT2D eigenvalue weighted by Crippen LogP contribution is 2.63. The summed E-state index contributed by atoms with van der Waals surface area (Å²) in [7, 11) is 0. The maximum Gasteiger partial charge on any atom is 0.387 e. The molecule has 0 aromatic heterocycles. The van der Waals surface area contributed by atoms with Crippen LogP contribution in [0.1, 0.15) is 18.9 Å². The van der Waals surface area contributed by atoms with Crippen LogP contribution in [0.2, 0.25) is 0 Å². The Morgan fingerprint density at radius 2 is 1.95 bits per heavy atom. The fourth-order valence-electron chi connectivity index (χ4n) is 2.00. The van der Waals surface area contributed by atoms with Gasteiger partial charge >= 0.3 is 6.61 Å². The minimum absolute atomic E-state index is 0.109. The van der Waals surface area contributed by atoms with E-state index in [4.69, 9.17) is 23.2 Å². The first-order chi connectivity index (χ1) is 9.74. The van der Waals surface area contributed by atoms with E-state index < -0.39 is 16.4 Å². The minimum Gasteiger partial charge on any atom is -0.435 e. The second kappa shape index (κ2) is 5.97. The van der Waals surface area contributed by atoms with E-state index in [-0.39, 0.29) is 11.7 Å². The Bertz CT molecular complexity index is 522. The lowest BCUT2D eigenvalue weighted by atomic mass is 10.1. The molecule has 0 saturated heterocycles. The van der Waals surface area contributed by atoms with Crippen molar-refractivity contribution in [2.45, 2.75) is 30.7 Å². The van der Waals surface area contributed by atoms with Gasteiger partial charge in [0.1, 0.15) is 10.1 Å². The summed E-state index contributed by atoms with van der Waals surface area (Å²) in [5.74, 6) is -0.0671. The summed E-state index contributed by atoms with van der Waals surface area (Å²) in [5, 5.41) is 2.78. The summed E-state index contributed by atoms with van der Waals surface area (Å²) in [5.41, 5.74) is 0.173. The third-order valence-corrected chi connectivity index (χ3v) is 4.71. The molecule has 1 fully saturated rings. The van der Waals surface area contributed by atoms with Crippen LogP contribution in [0.5, 0.6) is 5.75 Å². The second-order valence-corrected chi connectivity index (χ2v) is 6.73. The molecule has 0 bridgehead atoms. The molecule has 1 unspecified atom stereocenters. The number of carbonyl (C=O) groups is 1. The zero-order chi connectivity index (χ0) is 15.7. The molecule has 0 radical (unpaired) electrons. The average molecular weight is 338 g/mol. The number of amides is 1. The van der Waals surface area contributed by atoms with Crippen molar-refractivity contribution in [3.63, 3.8) is 0 Å². The Kier molecular flexibility index (Phi) is 4.63. The predicted molar refractivity (Wildman–Crippen MR) is 76.9 cm³/mol. The Hall–Kier alpha value is -1.07. The van der Waals surface area contributed by atoms with E-state index in [0.29, 0.717) is 19.4 Å². The van der Waals surface area contributed by atoms with Crippen molar-refractivity contribution < 1.29 is 18.3 Å². The number of benzene rings is 1. The van der Waals surface area contributed by atoms with Crippen molar-refractivity contribution >= 4 is 29.1 Å². The van der Waals surface area contributed by atoms with Crippen LogP contribution in [-0.2, 0) is 11.2 Å². The molecule has 7 heteroatoms. The Morgan fingerprint density at radius 3 is 2.43 bits per heavy atom. The van der Waals surface area contributed by atoms with E-state index in [0.717, 1.165) is 5.56 Å². The monoisotopic (exact) mass is 337 g/mol. The quantitative estimate of drug-likeness (QED) is 0.806. The van der Waals surface area contributed by atoms with Crippen LogP contribution in [0.4, 0.5) is 8.78 Å². The Labute approximate surface area is 131 Å². The van der Waals surface area contributed by atoms with Crippen LogP contribution < -0.4 is 10.1 Å². The zero-order valence-electron chi connectivity index (χ0n) is 11.3. The van der Waals surface area contributed by atoms with Crippen LogP contribution in [-0.4, -0.2) is 23.4 Å². The standard InChI is InChI=1S/C14H15Cl2F2NO2/c1-13(8-14(13,15)16)11(20)19-7-6-9-2-4-10(5-3-9)21-12(17)18/h2-5,12H,6-8H2,1H3,(H,19,20). The normalized spacial score (nSPS) is 23.0. The molecule has 1 amide bonds. The van der Waals surface area contributed by atoms with Crippen LogP contribution >= 0.6 is 23.2 Å². The molecule has 1 aromatic rings. The van der Waals surface area contributed by atoms with Gasteiger partial charge in [-0.05, 0) is 37.5 Å². The largest absolute Gasteiger partial charge is 0.435 e. The molecule has 1 aromatic carbocycles. The summed E-state index contributed by atoms with van der Waals surface area (Å²) < 4.78 is 27.3. The molecule has 0 spiro atoms. The van der Waals surface area contributed by atoms with Crippen molar-refractivity contribution in [3.8, 4) is 5.75 Å². The van der Waals surface area contributed by atoms with Gasteiger partial charge in [0.25, 0.3) is 0 Å². The Morgan fingerprint density at radius 1 is 1.38 bits per heavy atom. The molecular formula is C14H15Cl2F2NO2. The van der Waals surface area contributed by atoms with E-state index >= 15 is 0 Å². The molecule has 3 nitrogen and oxygen atoms in total. The number of rotatable bonds is 6. The highest BCUT2D eigenvalue weighted by atomic mass is 35.5. The van der Waals surface area contributed by atoms with Gasteiger partial charge in [-0.15, -0.1) is 23.2 Å². The highest BCUT2D eigenvalue weighted by molar-refractivity contribution is 6.53. The number of nitrogens with one attached hydrogen (secondary N) is 1. The lowest BCUT2D eigenvalue weighted by Gasteiger charge is -2.12. The molecule has 2 rings (SSSR count). The molecule has 1 atom stereocenters. The van der Waals surface area contributed by atoms with E-state index in [1.165, 1.54) is 12.1 Å². The van der Waals surface area contributed by atoms with Gasteiger partial charge < -0.3 is 10.1 Å². The van der Waals surface area contributed by atoms with Crippen molar-refractivity contribution in [1.29, 1.82) is 0 Å². The highest BCUT2D eigenvalue weighted by Gasteiger charge is 2.67. The summed E-state index contributed by atoms with van der Waals surface area (Å²) >= 11 is 11.9. The first-order valence-electron chi connectivity index (χ1n) is 6.44. The van der Waals surface area contributed by atoms with Crippen LogP contribution in [0.3, 0.4) is 0 Å². The number of halogens is 4. The van der Waals surface area contributed by atoms with Gasteiger partial charge in [0.2, 0.25) is 5.91 Å². The lowest BCUT2D eigenvalue weighted by molar-refractivity contribution is -0.125. The maximum atomic E-state index is 12.0. The second-order valence-electron chi connectivity index (χ2n) is 5.24. The van der Waals surface area contributed by atoms with Gasteiger partial charge in [0, 0.05) is 6.54 Å². The molecule has 1 saturated carbocycles. The summed E-state index contributed by atoms with van der Waals surface area (Å²) in [6.45, 7) is -0.688. The van der Waals surface area contributed by atoms with Gasteiger partial charge in [0.05, 0.1) is 5.41 Å². The molecule has 116 valence electrons. The third-order valence-electron chi connectivity index (χ3n) is 3.61. The molecule has 1 N–H and O–H groups in total. The van der Waals surface area contributed by atoms with Gasteiger partial charge in [-0.1, -0.05) is 12.1 Å². The molecular weight excluding hydrogens is 323 g/mol. The summed E-state index contributed by atoms with van der Waals surface area (Å²) in [4.78, 5) is 11.9. The van der Waals surface area contributed by atoms with E-state index in [2.05, 4.69) is 10.1 Å². The van der Waals surface area contributed by atoms with Crippen LogP contribution in [0.25, 0.3) is 0 Å². The van der Waals surface area contributed by atoms with Gasteiger partial charge in [0.15, 0.2) is 0 Å². The number of ether oxygens (including phenoxy) is 1. The van der Waals surface area contributed by atoms with Crippen molar-refractivity contribution in [2.75, 3.05) is 6.54 Å². The van der Waals surface area contributed by atoms with Gasteiger partial charge in [-0.2, -0.15) is 8.78 Å². The van der Waals surface area contributed by atoms with Crippen molar-refractivity contribution in [2.24, 2.45) is 5.41 Å². The third kappa shape index (κ3) is 3.77. The molecule has 0 aliphatic heterocycles. The number of carbonyl (C=O) groups excluding carboxylic acids is 1. The summed E-state index contributed by atoms with van der Waals surface area (Å²) in [6.07, 6.45) is 1.02. The molecule has 21 heavy (non-hydrogen) atoms. The van der Waals surface area contributed by atoms with Crippen LogP contribution in [0, 0.1) is 5.41 Å². The minimum atomic E-state index is -2.83. The first kappa shape index (κ1) is 16.3. The zero-order valence-corrected chi connectivity index (χ0v) is 12.8. The SMILES string of the molecule is CC1(C(=O)NCCc2ccc(OC(F)F)cc2)CC1(Cl)Cl. The predicted octanol–water partition coefficient (Wildman–Crippen LogP) is 3.53. The molecule has 0 heterocycles. The maximum absolute atomic E-state index is 12.0. The van der Waals surface area contributed by atoms with Gasteiger partial charge in [-0.25, -0.2) is 0 Å². The molecule has 1 aliphatic carbocycles. The molecule has 1 aliphatic rings. The van der Waals surface area contributed by atoms with E-state index in [1.54, 1.807) is 19.1 Å². The smallest absolute Gasteiger partial charge is 0.387 e. The number of hydrogen-bond acceptors (Lipinski definition) is 2. The average Bonchev–Trinajstić information content (AvgIpc) is 2.91. The van der Waals surface area contributed by atoms with Gasteiger partial charge in [-0.3, -0.25) is 4.79 Å². The van der Waals surface area contributed by atoms with Crippen molar-refractivity contribution in [3.05, 3.63) is 29.8 Å². The fraction of sp³-hybridized carbons (Fsp3) is 0.500. The van der Waals surface area contributed by atoms with Crippen LogP contribution in [0.15, 0.2) is 24.3 Å². The van der Waals surface area contributed by atoms with E-state index in [9.17, 15) is 13.6 Å². The summed E-state index contributed by atoms with van der Waals surface area (Å²) in [6, 6.07) is 6.29. The van der Waals surface area contributed by atoms with E-state index in [1.807, 2.05) is 0 Å². The topological polar surface area (TPSA) is 38.3 Å². The Balaban J connectivity index is 1.78. The fourth-order valence-corrected chi connectivity index (χ4v) is 2.71. The number of alkyl halides is 4. The lowest BCUT2D eigenvalue weighted by Crippen LogP contribution is -2.34. The van der Waals surface area contributed by atoms with Crippen molar-refractivity contribution in [1.82, 2.24) is 5.32 Å². The first-order valence-corrected chi connectivity index (χ1v) is 7.20.